The third-order valence-corrected chi connectivity index (χ3v) is 5.04. The molecule has 0 spiro atoms. The summed E-state index contributed by atoms with van der Waals surface area (Å²) in [4.78, 5) is 16.0. The lowest BCUT2D eigenvalue weighted by Gasteiger charge is -2.27. The van der Waals surface area contributed by atoms with E-state index < -0.39 is 0 Å². The maximum Gasteiger partial charge on any atom is 0.168 e. The normalized spacial score (nSPS) is 22.5. The summed E-state index contributed by atoms with van der Waals surface area (Å²) in [5.74, 6) is 1.44. The van der Waals surface area contributed by atoms with Crippen molar-refractivity contribution in [3.05, 3.63) is 36.0 Å². The molecular formula is C19H25NO. The molecule has 1 aromatic carbocycles. The van der Waals surface area contributed by atoms with E-state index in [1.807, 2.05) is 30.5 Å². The number of carbonyl (C=O) groups excluding carboxylic acids is 1. The Hall–Kier alpha value is -1.57. The first-order valence-corrected chi connectivity index (χ1v) is 8.40. The van der Waals surface area contributed by atoms with Gasteiger partial charge in [0.15, 0.2) is 5.78 Å². The van der Waals surface area contributed by atoms with Crippen LogP contribution in [0.15, 0.2) is 30.5 Å². The Morgan fingerprint density at radius 3 is 2.71 bits per heavy atom. The van der Waals surface area contributed by atoms with Gasteiger partial charge in [-0.3, -0.25) is 4.79 Å². The van der Waals surface area contributed by atoms with E-state index in [1.165, 1.54) is 32.1 Å². The van der Waals surface area contributed by atoms with E-state index in [2.05, 4.69) is 11.9 Å². The number of H-pyrrole nitrogens is 1. The van der Waals surface area contributed by atoms with Crippen LogP contribution in [0.5, 0.6) is 0 Å². The SMILES string of the molecule is CCCCC1CCC(C(=O)c2c[nH]c3ccccc23)CC1. The minimum Gasteiger partial charge on any atom is -0.360 e. The molecule has 0 unspecified atom stereocenters. The largest absolute Gasteiger partial charge is 0.360 e. The van der Waals surface area contributed by atoms with Gasteiger partial charge in [-0.25, -0.2) is 0 Å². The molecule has 21 heavy (non-hydrogen) atoms. The fraction of sp³-hybridized carbons (Fsp3) is 0.526. The van der Waals surface area contributed by atoms with Crippen molar-refractivity contribution in [3.63, 3.8) is 0 Å². The van der Waals surface area contributed by atoms with Gasteiger partial charge >= 0.3 is 0 Å². The first-order chi connectivity index (χ1) is 10.3. The van der Waals surface area contributed by atoms with Crippen molar-refractivity contribution in [3.8, 4) is 0 Å². The van der Waals surface area contributed by atoms with Crippen LogP contribution in [0.3, 0.4) is 0 Å². The summed E-state index contributed by atoms with van der Waals surface area (Å²) in [6, 6.07) is 8.10. The molecule has 2 heteroatoms. The molecule has 0 atom stereocenters. The minimum atomic E-state index is 0.238. The zero-order valence-electron chi connectivity index (χ0n) is 12.9. The summed E-state index contributed by atoms with van der Waals surface area (Å²) >= 11 is 0. The highest BCUT2D eigenvalue weighted by atomic mass is 16.1. The molecule has 0 aliphatic heterocycles. The standard InChI is InChI=1S/C19H25NO/c1-2-3-6-14-9-11-15(12-10-14)19(21)17-13-20-18-8-5-4-7-16(17)18/h4-5,7-8,13-15,20H,2-3,6,9-12H2,1H3. The molecular weight excluding hydrogens is 258 g/mol. The summed E-state index contributed by atoms with van der Waals surface area (Å²) in [5, 5.41) is 1.08. The molecule has 0 bridgehead atoms. The van der Waals surface area contributed by atoms with Gasteiger partial charge < -0.3 is 4.98 Å². The monoisotopic (exact) mass is 283 g/mol. The smallest absolute Gasteiger partial charge is 0.168 e. The summed E-state index contributed by atoms with van der Waals surface area (Å²) in [5.41, 5.74) is 1.96. The molecule has 2 nitrogen and oxygen atoms in total. The molecule has 1 fully saturated rings. The molecule has 1 aliphatic carbocycles. The predicted octanol–water partition coefficient (Wildman–Crippen LogP) is 5.35. The molecule has 2 aromatic rings. The maximum absolute atomic E-state index is 12.8. The lowest BCUT2D eigenvalue weighted by atomic mass is 9.77. The highest BCUT2D eigenvalue weighted by Crippen LogP contribution is 2.34. The van der Waals surface area contributed by atoms with Crippen LogP contribution in [0.1, 0.15) is 62.2 Å². The van der Waals surface area contributed by atoms with Crippen LogP contribution in [0.2, 0.25) is 0 Å². The lowest BCUT2D eigenvalue weighted by Crippen LogP contribution is -2.21. The van der Waals surface area contributed by atoms with Crippen LogP contribution in [0, 0.1) is 11.8 Å². The number of aromatic amines is 1. The molecule has 112 valence electrons. The molecule has 1 N–H and O–H groups in total. The fourth-order valence-electron chi connectivity index (χ4n) is 3.70. The quantitative estimate of drug-likeness (QED) is 0.737. The van der Waals surface area contributed by atoms with Crippen molar-refractivity contribution >= 4 is 16.7 Å². The number of carbonyl (C=O) groups is 1. The van der Waals surface area contributed by atoms with E-state index in [-0.39, 0.29) is 5.92 Å². The molecule has 0 saturated heterocycles. The number of unbranched alkanes of at least 4 members (excludes halogenated alkanes) is 1. The van der Waals surface area contributed by atoms with Crippen molar-refractivity contribution in [2.24, 2.45) is 11.8 Å². The van der Waals surface area contributed by atoms with Crippen molar-refractivity contribution in [2.45, 2.75) is 51.9 Å². The average molecular weight is 283 g/mol. The van der Waals surface area contributed by atoms with Gasteiger partial charge in [0.2, 0.25) is 0 Å². The van der Waals surface area contributed by atoms with E-state index in [1.54, 1.807) is 0 Å². The van der Waals surface area contributed by atoms with E-state index >= 15 is 0 Å². The number of nitrogens with one attached hydrogen (secondary N) is 1. The average Bonchev–Trinajstić information content (AvgIpc) is 2.97. The Labute approximate surface area is 126 Å². The van der Waals surface area contributed by atoms with Gasteiger partial charge in [-0.15, -0.1) is 0 Å². The van der Waals surface area contributed by atoms with Gasteiger partial charge in [0.1, 0.15) is 0 Å². The third kappa shape index (κ3) is 3.04. The lowest BCUT2D eigenvalue weighted by molar-refractivity contribution is 0.0871. The van der Waals surface area contributed by atoms with Gasteiger partial charge in [0, 0.05) is 28.6 Å². The minimum absolute atomic E-state index is 0.238. The topological polar surface area (TPSA) is 32.9 Å². The van der Waals surface area contributed by atoms with Gasteiger partial charge in [-0.2, -0.15) is 0 Å². The number of rotatable bonds is 5. The second kappa shape index (κ2) is 6.46. The number of ketones is 1. The first-order valence-electron chi connectivity index (χ1n) is 8.40. The Balaban J connectivity index is 1.67. The van der Waals surface area contributed by atoms with Crippen LogP contribution in [0.25, 0.3) is 10.9 Å². The molecule has 1 saturated carbocycles. The summed E-state index contributed by atoms with van der Waals surface area (Å²) < 4.78 is 0. The van der Waals surface area contributed by atoms with Gasteiger partial charge in [0.05, 0.1) is 0 Å². The number of hydrogen-bond acceptors (Lipinski definition) is 1. The third-order valence-electron chi connectivity index (χ3n) is 5.04. The Morgan fingerprint density at radius 2 is 1.95 bits per heavy atom. The highest BCUT2D eigenvalue weighted by Gasteiger charge is 2.27. The van der Waals surface area contributed by atoms with Crippen LogP contribution in [-0.2, 0) is 0 Å². The summed E-state index contributed by atoms with van der Waals surface area (Å²) in [7, 11) is 0. The van der Waals surface area contributed by atoms with Crippen LogP contribution in [0.4, 0.5) is 0 Å². The van der Waals surface area contributed by atoms with Crippen molar-refractivity contribution in [1.82, 2.24) is 4.98 Å². The van der Waals surface area contributed by atoms with E-state index in [0.29, 0.717) is 5.78 Å². The Morgan fingerprint density at radius 1 is 1.19 bits per heavy atom. The zero-order chi connectivity index (χ0) is 14.7. The molecule has 1 aromatic heterocycles. The second-order valence-electron chi connectivity index (χ2n) is 6.47. The first kappa shape index (κ1) is 14.4. The van der Waals surface area contributed by atoms with Crippen LogP contribution < -0.4 is 0 Å². The van der Waals surface area contributed by atoms with Crippen molar-refractivity contribution in [1.29, 1.82) is 0 Å². The summed E-state index contributed by atoms with van der Waals surface area (Å²) in [6.45, 7) is 2.26. The van der Waals surface area contributed by atoms with Gasteiger partial charge in [0.25, 0.3) is 0 Å². The molecule has 3 rings (SSSR count). The zero-order valence-corrected chi connectivity index (χ0v) is 12.9. The number of hydrogen-bond donors (Lipinski definition) is 1. The van der Waals surface area contributed by atoms with E-state index in [4.69, 9.17) is 0 Å². The molecule has 0 radical (unpaired) electrons. The predicted molar refractivity (Wildman–Crippen MR) is 87.6 cm³/mol. The summed E-state index contributed by atoms with van der Waals surface area (Å²) in [6.07, 6.45) is 10.5. The molecule has 1 aliphatic rings. The Kier molecular flexibility index (Phi) is 4.42. The van der Waals surface area contributed by atoms with Gasteiger partial charge in [-0.1, -0.05) is 44.4 Å². The molecule has 1 heterocycles. The number of fused-ring (bicyclic) bond motifs is 1. The Bertz CT molecular complexity index is 605. The van der Waals surface area contributed by atoms with Crippen molar-refractivity contribution in [2.75, 3.05) is 0 Å². The second-order valence-corrected chi connectivity index (χ2v) is 6.47. The van der Waals surface area contributed by atoms with Crippen LogP contribution >= 0.6 is 0 Å². The maximum atomic E-state index is 12.8. The van der Waals surface area contributed by atoms with E-state index in [9.17, 15) is 4.79 Å². The molecule has 0 amide bonds. The van der Waals surface area contributed by atoms with Gasteiger partial charge in [-0.05, 0) is 37.7 Å². The number of para-hydroxylation sites is 1. The van der Waals surface area contributed by atoms with E-state index in [0.717, 1.165) is 35.2 Å². The highest BCUT2D eigenvalue weighted by molar-refractivity contribution is 6.08. The number of Topliss-reactive ketones (excluding diaryl/α,β-unsaturated/α-hetero) is 1. The fourth-order valence-corrected chi connectivity index (χ4v) is 3.70. The van der Waals surface area contributed by atoms with Crippen LogP contribution in [-0.4, -0.2) is 10.8 Å². The number of benzene rings is 1. The van der Waals surface area contributed by atoms with Crippen molar-refractivity contribution < 1.29 is 4.79 Å². The number of aromatic nitrogens is 1.